The molecule has 0 saturated carbocycles. The number of hydrogen-bond acceptors (Lipinski definition) is 6. The van der Waals surface area contributed by atoms with Crippen LogP contribution in [0.4, 0.5) is 0 Å². The summed E-state index contributed by atoms with van der Waals surface area (Å²) in [4.78, 5) is 11.5. The summed E-state index contributed by atoms with van der Waals surface area (Å²) in [5.41, 5.74) is 8.14. The molecule has 7 heteroatoms. The van der Waals surface area contributed by atoms with Crippen molar-refractivity contribution in [2.24, 2.45) is 5.73 Å². The topological polar surface area (TPSA) is 126 Å². The predicted molar refractivity (Wildman–Crippen MR) is 128 cm³/mol. The molecule has 0 atom stereocenters. The molecular weight excluding hydrogens is 416 g/mol. The Balaban J connectivity index is 0.000000362. The van der Waals surface area contributed by atoms with E-state index in [2.05, 4.69) is 41.1 Å². The van der Waals surface area contributed by atoms with Crippen LogP contribution in [0.15, 0.2) is 77.2 Å². The molecule has 0 aliphatic rings. The Hall–Kier alpha value is -4.28. The van der Waals surface area contributed by atoms with E-state index < -0.39 is 5.97 Å². The molecule has 0 saturated heterocycles. The second-order valence-electron chi connectivity index (χ2n) is 6.77. The zero-order valence-corrected chi connectivity index (χ0v) is 18.8. The highest BCUT2D eigenvalue weighted by atomic mass is 16.4. The van der Waals surface area contributed by atoms with E-state index in [-0.39, 0.29) is 11.5 Å². The summed E-state index contributed by atoms with van der Waals surface area (Å²) in [6.45, 7) is 3.97. The zero-order chi connectivity index (χ0) is 24.2. The first kappa shape index (κ1) is 25.0. The molecule has 0 spiro atoms. The first-order valence-electron chi connectivity index (χ1n) is 10.3. The number of aromatic nitrogens is 2. The molecule has 168 valence electrons. The smallest absolute Gasteiger partial charge is 0.335 e. The summed E-state index contributed by atoms with van der Waals surface area (Å²) in [6.07, 6.45) is 0.593. The van der Waals surface area contributed by atoms with Crippen molar-refractivity contribution in [3.63, 3.8) is 0 Å². The Bertz CT molecular complexity index is 1230. The average molecular weight is 443 g/mol. The van der Waals surface area contributed by atoms with Crippen molar-refractivity contribution in [2.75, 3.05) is 7.05 Å². The largest absolute Gasteiger partial charge is 0.478 e. The molecule has 1 aromatic heterocycles. The third-order valence-electron chi connectivity index (χ3n) is 4.50. The highest BCUT2D eigenvalue weighted by molar-refractivity contribution is 5.92. The second-order valence-corrected chi connectivity index (χ2v) is 6.77. The van der Waals surface area contributed by atoms with Crippen LogP contribution in [0.3, 0.4) is 0 Å². The number of nitrogens with two attached hydrogens (primary N) is 1. The fraction of sp³-hybridized carbons (Fsp3) is 0.154. The highest BCUT2D eigenvalue weighted by Crippen LogP contribution is 2.29. The molecule has 0 bridgehead atoms. The van der Waals surface area contributed by atoms with E-state index in [4.69, 9.17) is 4.42 Å². The Morgan fingerprint density at radius 2 is 1.64 bits per heavy atom. The lowest BCUT2D eigenvalue weighted by Crippen LogP contribution is -1.98. The van der Waals surface area contributed by atoms with Gasteiger partial charge in [0.15, 0.2) is 0 Å². The Morgan fingerprint density at radius 1 is 1.00 bits per heavy atom. The number of nitrogens with zero attached hydrogens (tertiary/aromatic N) is 3. The first-order valence-corrected chi connectivity index (χ1v) is 10.3. The van der Waals surface area contributed by atoms with Crippen LogP contribution in [-0.2, 0) is 6.42 Å². The van der Waals surface area contributed by atoms with Gasteiger partial charge in [0.05, 0.1) is 17.2 Å². The third-order valence-corrected chi connectivity index (χ3v) is 4.50. The number of nitriles is 1. The van der Waals surface area contributed by atoms with Gasteiger partial charge in [0.25, 0.3) is 0 Å². The standard InChI is InChI=1S/C18H13N3O3.C7H8.CH5N/c1-2-16-20-21-17(24-16)13-7-12(8-14(9-13)18(22)23)15-6-4-3-5-11(15)10-19;1-7-5-3-2-4-6-7;1-2/h3-9H,2H2,1H3,(H,22,23);2-6H,1H3;2H2,1H3. The number of hydrogen-bond donors (Lipinski definition) is 2. The van der Waals surface area contributed by atoms with Crippen molar-refractivity contribution < 1.29 is 14.3 Å². The fourth-order valence-electron chi connectivity index (χ4n) is 2.91. The molecule has 4 aromatic rings. The maximum absolute atomic E-state index is 11.5. The molecular formula is C26H26N4O3. The van der Waals surface area contributed by atoms with Crippen LogP contribution in [0, 0.1) is 18.3 Å². The minimum atomic E-state index is -1.07. The first-order chi connectivity index (χ1) is 16.0. The van der Waals surface area contributed by atoms with E-state index in [0.717, 1.165) is 0 Å². The number of aryl methyl sites for hydroxylation is 2. The van der Waals surface area contributed by atoms with Crippen LogP contribution >= 0.6 is 0 Å². The van der Waals surface area contributed by atoms with Crippen LogP contribution in [0.1, 0.15) is 34.3 Å². The molecule has 0 unspecified atom stereocenters. The van der Waals surface area contributed by atoms with Gasteiger partial charge in [-0.3, -0.25) is 0 Å². The normalized spacial score (nSPS) is 9.55. The van der Waals surface area contributed by atoms with E-state index in [1.54, 1.807) is 30.3 Å². The number of carboxylic acid groups (broad SMARTS) is 1. The number of carboxylic acids is 1. The summed E-state index contributed by atoms with van der Waals surface area (Å²) < 4.78 is 5.52. The maximum atomic E-state index is 11.5. The van der Waals surface area contributed by atoms with Crippen molar-refractivity contribution in [2.45, 2.75) is 20.3 Å². The summed E-state index contributed by atoms with van der Waals surface area (Å²) in [5.74, 6) is -0.335. The minimum Gasteiger partial charge on any atom is -0.478 e. The maximum Gasteiger partial charge on any atom is 0.335 e. The molecule has 0 amide bonds. The van der Waals surface area contributed by atoms with Crippen LogP contribution < -0.4 is 5.73 Å². The molecule has 7 nitrogen and oxygen atoms in total. The highest BCUT2D eigenvalue weighted by Gasteiger charge is 2.15. The van der Waals surface area contributed by atoms with Gasteiger partial charge in [0, 0.05) is 12.0 Å². The SMILES string of the molecule is CCc1nnc(-c2cc(C(=O)O)cc(-c3ccccc3C#N)c2)o1.CN.Cc1ccccc1. The van der Waals surface area contributed by atoms with Gasteiger partial charge in [0.1, 0.15) is 0 Å². The van der Waals surface area contributed by atoms with Crippen molar-refractivity contribution in [3.8, 4) is 28.7 Å². The van der Waals surface area contributed by atoms with Crippen LogP contribution in [0.25, 0.3) is 22.6 Å². The number of aromatic carboxylic acids is 1. The lowest BCUT2D eigenvalue weighted by molar-refractivity contribution is 0.0697. The van der Waals surface area contributed by atoms with E-state index >= 15 is 0 Å². The molecule has 0 radical (unpaired) electrons. The molecule has 0 aliphatic heterocycles. The minimum absolute atomic E-state index is 0.0893. The summed E-state index contributed by atoms with van der Waals surface area (Å²) >= 11 is 0. The van der Waals surface area contributed by atoms with Gasteiger partial charge in [-0.1, -0.05) is 61.0 Å². The van der Waals surface area contributed by atoms with Gasteiger partial charge in [-0.15, -0.1) is 10.2 Å². The molecule has 3 aromatic carbocycles. The lowest BCUT2D eigenvalue weighted by Gasteiger charge is -2.07. The van der Waals surface area contributed by atoms with Crippen molar-refractivity contribution in [1.82, 2.24) is 10.2 Å². The Labute approximate surface area is 193 Å². The zero-order valence-electron chi connectivity index (χ0n) is 18.8. The molecule has 0 fully saturated rings. The van der Waals surface area contributed by atoms with Gasteiger partial charge >= 0.3 is 5.97 Å². The Kier molecular flexibility index (Phi) is 9.50. The van der Waals surface area contributed by atoms with Crippen LogP contribution in [0.2, 0.25) is 0 Å². The third kappa shape index (κ3) is 6.86. The van der Waals surface area contributed by atoms with Gasteiger partial charge in [-0.05, 0) is 49.4 Å². The molecule has 33 heavy (non-hydrogen) atoms. The molecule has 4 rings (SSSR count). The van der Waals surface area contributed by atoms with Crippen molar-refractivity contribution >= 4 is 5.97 Å². The number of rotatable bonds is 4. The van der Waals surface area contributed by atoms with E-state index in [1.165, 1.54) is 24.7 Å². The summed E-state index contributed by atoms with van der Waals surface area (Å²) in [6, 6.07) is 24.1. The fourth-order valence-corrected chi connectivity index (χ4v) is 2.91. The van der Waals surface area contributed by atoms with E-state index in [1.807, 2.05) is 25.1 Å². The van der Waals surface area contributed by atoms with Gasteiger partial charge in [-0.25, -0.2) is 4.79 Å². The average Bonchev–Trinajstić information content (AvgIpc) is 3.35. The van der Waals surface area contributed by atoms with Gasteiger partial charge in [0.2, 0.25) is 11.8 Å². The van der Waals surface area contributed by atoms with Crippen LogP contribution in [0.5, 0.6) is 0 Å². The number of carbonyl (C=O) groups is 1. The molecule has 1 heterocycles. The summed E-state index contributed by atoms with van der Waals surface area (Å²) in [7, 11) is 1.50. The lowest BCUT2D eigenvalue weighted by atomic mass is 9.96. The quantitative estimate of drug-likeness (QED) is 0.450. The van der Waals surface area contributed by atoms with Crippen LogP contribution in [-0.4, -0.2) is 28.3 Å². The monoisotopic (exact) mass is 442 g/mol. The second kappa shape index (κ2) is 12.5. The summed E-state index contributed by atoms with van der Waals surface area (Å²) in [5, 5.41) is 26.5. The molecule has 3 N–H and O–H groups in total. The van der Waals surface area contributed by atoms with E-state index in [0.29, 0.717) is 34.6 Å². The molecule has 0 aliphatic carbocycles. The Morgan fingerprint density at radius 3 is 2.18 bits per heavy atom. The van der Waals surface area contributed by atoms with Gasteiger partial charge < -0.3 is 15.3 Å². The van der Waals surface area contributed by atoms with Crippen molar-refractivity contribution in [1.29, 1.82) is 5.26 Å². The van der Waals surface area contributed by atoms with E-state index in [9.17, 15) is 15.2 Å². The predicted octanol–water partition coefficient (Wildman–Crippen LogP) is 5.11. The number of benzene rings is 3. The van der Waals surface area contributed by atoms with Crippen molar-refractivity contribution in [3.05, 3.63) is 95.4 Å². The van der Waals surface area contributed by atoms with Gasteiger partial charge in [-0.2, -0.15) is 5.26 Å².